The summed E-state index contributed by atoms with van der Waals surface area (Å²) in [5.41, 5.74) is 7.27. The van der Waals surface area contributed by atoms with E-state index in [1.165, 1.54) is 0 Å². The molecule has 1 aromatic rings. The molecule has 4 heteroatoms. The summed E-state index contributed by atoms with van der Waals surface area (Å²) in [6.07, 6.45) is 2.13. The van der Waals surface area contributed by atoms with Gasteiger partial charge < -0.3 is 15.7 Å². The van der Waals surface area contributed by atoms with Crippen LogP contribution < -0.4 is 10.5 Å². The number of hydrogen-bond acceptors (Lipinski definition) is 3. The maximum Gasteiger partial charge on any atom is 0.173 e. The lowest BCUT2D eigenvalue weighted by molar-refractivity contribution is 0.294. The van der Waals surface area contributed by atoms with E-state index in [1.54, 1.807) is 6.07 Å². The highest BCUT2D eigenvalue weighted by molar-refractivity contribution is 5.99. The quantitative estimate of drug-likeness (QED) is 0.268. The van der Waals surface area contributed by atoms with Crippen molar-refractivity contribution < 1.29 is 9.94 Å². The molecule has 0 aliphatic carbocycles. The molecule has 3 N–H and O–H groups in total. The Morgan fingerprint density at radius 3 is 2.78 bits per heavy atom. The molecule has 1 aromatic carbocycles. The first-order chi connectivity index (χ1) is 8.56. The summed E-state index contributed by atoms with van der Waals surface area (Å²) in [7, 11) is 0. The van der Waals surface area contributed by atoms with Crippen molar-refractivity contribution in [3.8, 4) is 5.75 Å². The van der Waals surface area contributed by atoms with Gasteiger partial charge in [0.05, 0.1) is 12.2 Å². The van der Waals surface area contributed by atoms with Crippen molar-refractivity contribution in [2.24, 2.45) is 16.8 Å². The minimum atomic E-state index is 0.0811. The summed E-state index contributed by atoms with van der Waals surface area (Å²) in [5, 5.41) is 11.8. The Balaban J connectivity index is 2.74. The van der Waals surface area contributed by atoms with Crippen LogP contribution in [0.4, 0.5) is 0 Å². The fourth-order valence-corrected chi connectivity index (χ4v) is 1.77. The monoisotopic (exact) mass is 250 g/mol. The molecule has 0 radical (unpaired) electrons. The molecule has 0 saturated heterocycles. The van der Waals surface area contributed by atoms with Gasteiger partial charge >= 0.3 is 0 Å². The molecule has 0 aliphatic heterocycles. The van der Waals surface area contributed by atoms with E-state index in [9.17, 15) is 0 Å². The van der Waals surface area contributed by atoms with E-state index in [-0.39, 0.29) is 5.84 Å². The maximum absolute atomic E-state index is 8.76. The van der Waals surface area contributed by atoms with Crippen LogP contribution in [0.2, 0.25) is 0 Å². The number of rotatable bonds is 6. The van der Waals surface area contributed by atoms with Crippen LogP contribution in [0.5, 0.6) is 5.75 Å². The van der Waals surface area contributed by atoms with Crippen LogP contribution in [0.25, 0.3) is 0 Å². The fourth-order valence-electron chi connectivity index (χ4n) is 1.77. The van der Waals surface area contributed by atoms with Crippen molar-refractivity contribution in [3.05, 3.63) is 29.3 Å². The highest BCUT2D eigenvalue weighted by Gasteiger charge is 2.10. The van der Waals surface area contributed by atoms with Crippen LogP contribution in [0.3, 0.4) is 0 Å². The van der Waals surface area contributed by atoms with Gasteiger partial charge in [0.1, 0.15) is 5.75 Å². The number of para-hydroxylation sites is 1. The van der Waals surface area contributed by atoms with Gasteiger partial charge in [0.2, 0.25) is 0 Å². The summed E-state index contributed by atoms with van der Waals surface area (Å²) < 4.78 is 5.77. The van der Waals surface area contributed by atoms with Gasteiger partial charge in [-0.3, -0.25) is 0 Å². The third-order valence-corrected chi connectivity index (χ3v) is 2.77. The van der Waals surface area contributed by atoms with Gasteiger partial charge in [0.25, 0.3) is 0 Å². The molecular formula is C14H22N2O2. The van der Waals surface area contributed by atoms with E-state index in [2.05, 4.69) is 19.0 Å². The van der Waals surface area contributed by atoms with Crippen LogP contribution in [-0.4, -0.2) is 17.6 Å². The number of ether oxygens (including phenoxy) is 1. The first-order valence-electron chi connectivity index (χ1n) is 6.26. The van der Waals surface area contributed by atoms with Crippen LogP contribution in [0.1, 0.15) is 37.8 Å². The van der Waals surface area contributed by atoms with E-state index < -0.39 is 0 Å². The highest BCUT2D eigenvalue weighted by atomic mass is 16.5. The van der Waals surface area contributed by atoms with Crippen LogP contribution in [-0.2, 0) is 0 Å². The fraction of sp³-hybridized carbons (Fsp3) is 0.500. The number of nitrogens with two attached hydrogens (primary N) is 1. The molecule has 1 rings (SSSR count). The number of oxime groups is 1. The molecule has 0 bridgehead atoms. The van der Waals surface area contributed by atoms with E-state index in [1.807, 2.05) is 19.1 Å². The van der Waals surface area contributed by atoms with Gasteiger partial charge in [-0.25, -0.2) is 0 Å². The minimum Gasteiger partial charge on any atom is -0.493 e. The van der Waals surface area contributed by atoms with Crippen LogP contribution in [0.15, 0.2) is 23.4 Å². The predicted molar refractivity (Wildman–Crippen MR) is 73.3 cm³/mol. The van der Waals surface area contributed by atoms with Crippen molar-refractivity contribution in [1.29, 1.82) is 0 Å². The van der Waals surface area contributed by atoms with E-state index in [0.717, 1.165) is 18.4 Å². The molecule has 0 spiro atoms. The predicted octanol–water partition coefficient (Wildman–Crippen LogP) is 2.90. The number of hydrogen-bond donors (Lipinski definition) is 2. The topological polar surface area (TPSA) is 67.8 Å². The number of amidine groups is 1. The summed E-state index contributed by atoms with van der Waals surface area (Å²) in [5.74, 6) is 1.46. The Bertz CT molecular complexity index is 414. The number of benzene rings is 1. The van der Waals surface area contributed by atoms with Crippen molar-refractivity contribution in [1.82, 2.24) is 0 Å². The van der Waals surface area contributed by atoms with Gasteiger partial charge in [0.15, 0.2) is 5.84 Å². The Labute approximate surface area is 108 Å². The highest BCUT2D eigenvalue weighted by Crippen LogP contribution is 2.23. The van der Waals surface area contributed by atoms with Gasteiger partial charge in [-0.15, -0.1) is 0 Å². The molecule has 0 saturated carbocycles. The zero-order chi connectivity index (χ0) is 13.5. The Morgan fingerprint density at radius 1 is 1.44 bits per heavy atom. The smallest absolute Gasteiger partial charge is 0.173 e. The lowest BCUT2D eigenvalue weighted by atomic mass is 10.1. The second kappa shape index (κ2) is 6.89. The lowest BCUT2D eigenvalue weighted by Crippen LogP contribution is -2.15. The molecule has 0 amide bonds. The van der Waals surface area contributed by atoms with Gasteiger partial charge in [0, 0.05) is 0 Å². The zero-order valence-corrected chi connectivity index (χ0v) is 11.3. The molecule has 4 nitrogen and oxygen atoms in total. The second-order valence-corrected chi connectivity index (χ2v) is 4.82. The van der Waals surface area contributed by atoms with Crippen LogP contribution in [0, 0.1) is 12.8 Å². The van der Waals surface area contributed by atoms with Crippen molar-refractivity contribution in [2.45, 2.75) is 33.6 Å². The number of nitrogens with zero attached hydrogens (tertiary/aromatic N) is 1. The summed E-state index contributed by atoms with van der Waals surface area (Å²) in [4.78, 5) is 0. The normalized spacial score (nSPS) is 11.9. The van der Waals surface area contributed by atoms with Gasteiger partial charge in [-0.2, -0.15) is 0 Å². The SMILES string of the molecule is Cc1cccc(/C(N)=N/O)c1OCCCC(C)C. The molecular weight excluding hydrogens is 228 g/mol. The standard InChI is InChI=1S/C14H22N2O2/c1-10(2)6-5-9-18-13-11(3)7-4-8-12(13)14(15)16-17/h4,7-8,10,17H,5-6,9H2,1-3H3,(H2,15,16). The third kappa shape index (κ3) is 3.95. The molecule has 0 aromatic heterocycles. The van der Waals surface area contributed by atoms with Crippen molar-refractivity contribution in [3.63, 3.8) is 0 Å². The Kier molecular flexibility index (Phi) is 5.49. The first kappa shape index (κ1) is 14.4. The van der Waals surface area contributed by atoms with E-state index in [0.29, 0.717) is 23.8 Å². The molecule has 0 atom stereocenters. The lowest BCUT2D eigenvalue weighted by Gasteiger charge is -2.13. The summed E-state index contributed by atoms with van der Waals surface area (Å²) >= 11 is 0. The van der Waals surface area contributed by atoms with E-state index >= 15 is 0 Å². The minimum absolute atomic E-state index is 0.0811. The third-order valence-electron chi connectivity index (χ3n) is 2.77. The molecule has 0 heterocycles. The van der Waals surface area contributed by atoms with Crippen LogP contribution >= 0.6 is 0 Å². The second-order valence-electron chi connectivity index (χ2n) is 4.82. The van der Waals surface area contributed by atoms with Gasteiger partial charge in [-0.05, 0) is 37.3 Å². The Hall–Kier alpha value is -1.71. The average Bonchev–Trinajstić information content (AvgIpc) is 2.34. The van der Waals surface area contributed by atoms with Crippen molar-refractivity contribution >= 4 is 5.84 Å². The summed E-state index contributed by atoms with van der Waals surface area (Å²) in [6, 6.07) is 5.61. The molecule has 100 valence electrons. The first-order valence-corrected chi connectivity index (χ1v) is 6.26. The largest absolute Gasteiger partial charge is 0.493 e. The molecule has 0 fully saturated rings. The molecule has 0 aliphatic rings. The maximum atomic E-state index is 8.76. The average molecular weight is 250 g/mol. The van der Waals surface area contributed by atoms with E-state index in [4.69, 9.17) is 15.7 Å². The zero-order valence-electron chi connectivity index (χ0n) is 11.3. The van der Waals surface area contributed by atoms with Gasteiger partial charge in [-0.1, -0.05) is 31.1 Å². The Morgan fingerprint density at radius 2 is 2.17 bits per heavy atom. The molecule has 0 unspecified atom stereocenters. The molecule has 18 heavy (non-hydrogen) atoms. The summed E-state index contributed by atoms with van der Waals surface area (Å²) in [6.45, 7) is 6.98. The van der Waals surface area contributed by atoms with Crippen molar-refractivity contribution in [2.75, 3.05) is 6.61 Å². The number of aryl methyl sites for hydroxylation is 1.